The highest BCUT2D eigenvalue weighted by molar-refractivity contribution is 6.31. The van der Waals surface area contributed by atoms with E-state index in [4.69, 9.17) is 17.3 Å². The summed E-state index contributed by atoms with van der Waals surface area (Å²) in [5.41, 5.74) is 7.45. The molecule has 1 rings (SSSR count). The van der Waals surface area contributed by atoms with Gasteiger partial charge in [-0.05, 0) is 32.7 Å². The van der Waals surface area contributed by atoms with Gasteiger partial charge >= 0.3 is 0 Å². The second-order valence-corrected chi connectivity index (χ2v) is 3.59. The lowest BCUT2D eigenvalue weighted by Crippen LogP contribution is -2.02. The lowest BCUT2D eigenvalue weighted by Gasteiger charge is -2.01. The first-order valence-electron chi connectivity index (χ1n) is 4.55. The number of unbranched alkanes of at least 4 members (excludes halogenated alkanes) is 1. The van der Waals surface area contributed by atoms with E-state index in [9.17, 15) is 0 Å². The third kappa shape index (κ3) is 2.45. The minimum Gasteiger partial charge on any atom is -0.330 e. The maximum atomic E-state index is 6.08. The van der Waals surface area contributed by atoms with Crippen LogP contribution in [0.15, 0.2) is 0 Å². The minimum atomic E-state index is 0.744. The molecule has 0 radical (unpaired) electrons. The molecule has 0 amide bonds. The van der Waals surface area contributed by atoms with Crippen molar-refractivity contribution in [3.05, 3.63) is 16.4 Å². The van der Waals surface area contributed by atoms with Gasteiger partial charge in [-0.1, -0.05) is 11.6 Å². The van der Waals surface area contributed by atoms with Crippen molar-refractivity contribution in [3.63, 3.8) is 0 Å². The summed E-state index contributed by atoms with van der Waals surface area (Å²) < 4.78 is 1.86. The van der Waals surface area contributed by atoms with E-state index in [2.05, 4.69) is 5.10 Å². The number of halogens is 1. The molecule has 3 nitrogen and oxygen atoms in total. The van der Waals surface area contributed by atoms with Crippen molar-refractivity contribution >= 4 is 11.6 Å². The van der Waals surface area contributed by atoms with Crippen LogP contribution in [0.1, 0.15) is 24.2 Å². The highest BCUT2D eigenvalue weighted by Gasteiger charge is 2.09. The Kier molecular flexibility index (Phi) is 3.75. The molecule has 0 saturated heterocycles. The van der Waals surface area contributed by atoms with Crippen LogP contribution in [0.2, 0.25) is 5.02 Å². The molecule has 4 heteroatoms. The van der Waals surface area contributed by atoms with Gasteiger partial charge in [-0.15, -0.1) is 0 Å². The van der Waals surface area contributed by atoms with E-state index in [1.807, 2.05) is 18.7 Å². The van der Waals surface area contributed by atoms with Gasteiger partial charge in [0.25, 0.3) is 0 Å². The average molecular weight is 202 g/mol. The van der Waals surface area contributed by atoms with Gasteiger partial charge in [0.2, 0.25) is 0 Å². The fraction of sp³-hybridized carbons (Fsp3) is 0.667. The van der Waals surface area contributed by atoms with E-state index in [-0.39, 0.29) is 0 Å². The molecule has 0 spiro atoms. The normalized spacial score (nSPS) is 10.8. The lowest BCUT2D eigenvalue weighted by atomic mass is 10.2. The SMILES string of the molecule is Cc1nn(C)c(CCCCN)c1Cl. The molecule has 0 aliphatic heterocycles. The molecule has 0 atom stereocenters. The highest BCUT2D eigenvalue weighted by Crippen LogP contribution is 2.20. The van der Waals surface area contributed by atoms with Gasteiger partial charge in [0.15, 0.2) is 0 Å². The van der Waals surface area contributed by atoms with E-state index >= 15 is 0 Å². The van der Waals surface area contributed by atoms with Crippen LogP contribution in [0.5, 0.6) is 0 Å². The Balaban J connectivity index is 2.64. The summed E-state index contributed by atoms with van der Waals surface area (Å²) in [6.07, 6.45) is 3.09. The summed E-state index contributed by atoms with van der Waals surface area (Å²) in [5, 5.41) is 5.05. The van der Waals surface area contributed by atoms with Crippen molar-refractivity contribution in [2.75, 3.05) is 6.54 Å². The van der Waals surface area contributed by atoms with E-state index < -0.39 is 0 Å². The number of nitrogens with zero attached hydrogens (tertiary/aromatic N) is 2. The third-order valence-electron chi connectivity index (χ3n) is 2.13. The zero-order chi connectivity index (χ0) is 9.84. The fourth-order valence-corrected chi connectivity index (χ4v) is 1.64. The molecule has 0 fully saturated rings. The van der Waals surface area contributed by atoms with Crippen molar-refractivity contribution in [2.45, 2.75) is 26.2 Å². The third-order valence-corrected chi connectivity index (χ3v) is 2.62. The van der Waals surface area contributed by atoms with Gasteiger partial charge in [-0.25, -0.2) is 0 Å². The van der Waals surface area contributed by atoms with Gasteiger partial charge in [-0.2, -0.15) is 5.10 Å². The number of hydrogen-bond donors (Lipinski definition) is 1. The zero-order valence-electron chi connectivity index (χ0n) is 8.18. The second-order valence-electron chi connectivity index (χ2n) is 3.22. The van der Waals surface area contributed by atoms with Gasteiger partial charge < -0.3 is 5.73 Å². The molecule has 0 unspecified atom stereocenters. The molecule has 1 aromatic rings. The van der Waals surface area contributed by atoms with Crippen LogP contribution in [0.4, 0.5) is 0 Å². The quantitative estimate of drug-likeness (QED) is 0.754. The summed E-state index contributed by atoms with van der Waals surface area (Å²) in [6.45, 7) is 2.67. The predicted molar refractivity (Wildman–Crippen MR) is 54.9 cm³/mol. The van der Waals surface area contributed by atoms with Crippen LogP contribution >= 0.6 is 11.6 Å². The molecule has 1 aromatic heterocycles. The molecular formula is C9H16ClN3. The Hall–Kier alpha value is -0.540. The van der Waals surface area contributed by atoms with Crippen LogP contribution in [0.3, 0.4) is 0 Å². The summed E-state index contributed by atoms with van der Waals surface area (Å²) in [4.78, 5) is 0. The van der Waals surface area contributed by atoms with Crippen LogP contribution in [0.25, 0.3) is 0 Å². The first kappa shape index (κ1) is 10.5. The van der Waals surface area contributed by atoms with Crippen molar-refractivity contribution in [3.8, 4) is 0 Å². The van der Waals surface area contributed by atoms with Gasteiger partial charge in [0, 0.05) is 7.05 Å². The molecule has 2 N–H and O–H groups in total. The minimum absolute atomic E-state index is 0.744. The topological polar surface area (TPSA) is 43.8 Å². The van der Waals surface area contributed by atoms with Crippen molar-refractivity contribution in [2.24, 2.45) is 12.8 Å². The number of aromatic nitrogens is 2. The van der Waals surface area contributed by atoms with Crippen molar-refractivity contribution in [1.29, 1.82) is 0 Å². The van der Waals surface area contributed by atoms with Crippen LogP contribution in [0, 0.1) is 6.92 Å². The van der Waals surface area contributed by atoms with Crippen molar-refractivity contribution < 1.29 is 0 Å². The summed E-state index contributed by atoms with van der Waals surface area (Å²) in [5.74, 6) is 0. The standard InChI is InChI=1S/C9H16ClN3/c1-7-9(10)8(13(2)12-7)5-3-4-6-11/h3-6,11H2,1-2H3. The van der Waals surface area contributed by atoms with Crippen molar-refractivity contribution in [1.82, 2.24) is 9.78 Å². The molecule has 0 aliphatic rings. The summed E-state index contributed by atoms with van der Waals surface area (Å²) in [7, 11) is 1.93. The largest absolute Gasteiger partial charge is 0.330 e. The van der Waals surface area contributed by atoms with Gasteiger partial charge in [0.05, 0.1) is 16.4 Å². The van der Waals surface area contributed by atoms with Crippen LogP contribution in [-0.4, -0.2) is 16.3 Å². The Morgan fingerprint density at radius 3 is 2.62 bits per heavy atom. The lowest BCUT2D eigenvalue weighted by molar-refractivity contribution is 0.661. The first-order valence-corrected chi connectivity index (χ1v) is 4.92. The van der Waals surface area contributed by atoms with E-state index in [0.29, 0.717) is 0 Å². The monoisotopic (exact) mass is 201 g/mol. The molecular weight excluding hydrogens is 186 g/mol. The smallest absolute Gasteiger partial charge is 0.0846 e. The maximum absolute atomic E-state index is 6.08. The molecule has 0 saturated carbocycles. The average Bonchev–Trinajstić information content (AvgIpc) is 2.32. The first-order chi connectivity index (χ1) is 6.16. The highest BCUT2D eigenvalue weighted by atomic mass is 35.5. The molecule has 74 valence electrons. The summed E-state index contributed by atoms with van der Waals surface area (Å²) >= 11 is 6.08. The molecule has 1 heterocycles. The summed E-state index contributed by atoms with van der Waals surface area (Å²) in [6, 6.07) is 0. The second kappa shape index (κ2) is 4.63. The molecule has 0 aromatic carbocycles. The Morgan fingerprint density at radius 1 is 1.46 bits per heavy atom. The number of nitrogens with two attached hydrogens (primary N) is 1. The number of hydrogen-bond acceptors (Lipinski definition) is 2. The fourth-order valence-electron chi connectivity index (χ4n) is 1.39. The Morgan fingerprint density at radius 2 is 2.15 bits per heavy atom. The molecule has 13 heavy (non-hydrogen) atoms. The van der Waals surface area contributed by atoms with Gasteiger partial charge in [0.1, 0.15) is 0 Å². The van der Waals surface area contributed by atoms with Crippen LogP contribution < -0.4 is 5.73 Å². The van der Waals surface area contributed by atoms with E-state index in [1.54, 1.807) is 0 Å². The predicted octanol–water partition coefficient (Wildman–Crippen LogP) is 1.66. The number of aryl methyl sites for hydroxylation is 2. The van der Waals surface area contributed by atoms with E-state index in [1.165, 1.54) is 0 Å². The van der Waals surface area contributed by atoms with E-state index in [0.717, 1.165) is 42.2 Å². The maximum Gasteiger partial charge on any atom is 0.0846 e. The Bertz CT molecular complexity index is 281. The molecule has 0 aliphatic carbocycles. The molecule has 0 bridgehead atoms. The van der Waals surface area contributed by atoms with Gasteiger partial charge in [-0.3, -0.25) is 4.68 Å². The zero-order valence-corrected chi connectivity index (χ0v) is 8.93. The van der Waals surface area contributed by atoms with Crippen LogP contribution in [-0.2, 0) is 13.5 Å². The Labute approximate surface area is 83.9 Å². The number of rotatable bonds is 4.